The summed E-state index contributed by atoms with van der Waals surface area (Å²) in [6.45, 7) is 4.19. The summed E-state index contributed by atoms with van der Waals surface area (Å²) in [6, 6.07) is 19.2. The van der Waals surface area contributed by atoms with Gasteiger partial charge in [0.15, 0.2) is 6.10 Å². The Morgan fingerprint density at radius 1 is 1.12 bits per heavy atom. The summed E-state index contributed by atoms with van der Waals surface area (Å²) < 4.78 is 5.89. The van der Waals surface area contributed by atoms with Crippen LogP contribution in [0.3, 0.4) is 0 Å². The average molecular weight is 462 g/mol. The third-order valence-electron chi connectivity index (χ3n) is 5.41. The fourth-order valence-electron chi connectivity index (χ4n) is 3.78. The molecule has 0 saturated carbocycles. The van der Waals surface area contributed by atoms with Gasteiger partial charge in [-0.15, -0.1) is 11.3 Å². The van der Waals surface area contributed by atoms with Gasteiger partial charge in [-0.2, -0.15) is 0 Å². The number of carbonyl (C=O) groups is 1. The summed E-state index contributed by atoms with van der Waals surface area (Å²) in [5.74, 6) is 0.574. The average Bonchev–Trinajstić information content (AvgIpc) is 3.20. The second-order valence-corrected chi connectivity index (χ2v) is 9.21. The van der Waals surface area contributed by atoms with Crippen molar-refractivity contribution in [3.05, 3.63) is 82.3 Å². The highest BCUT2D eigenvalue weighted by molar-refractivity contribution is 7.15. The number of thiazole rings is 1. The largest absolute Gasteiger partial charge is 0.479 e. The van der Waals surface area contributed by atoms with E-state index >= 15 is 0 Å². The molecule has 160 valence electrons. The van der Waals surface area contributed by atoms with Crippen molar-refractivity contribution in [2.45, 2.75) is 26.5 Å². The van der Waals surface area contributed by atoms with Crippen LogP contribution in [0.15, 0.2) is 66.9 Å². The number of hydrogen-bond acceptors (Lipinski definition) is 5. The molecule has 5 nitrogen and oxygen atoms in total. The number of fused-ring (bicyclic) bond motifs is 1. The minimum Gasteiger partial charge on any atom is -0.479 e. The predicted octanol–water partition coefficient (Wildman–Crippen LogP) is 6.15. The van der Waals surface area contributed by atoms with E-state index in [1.165, 1.54) is 0 Å². The lowest BCUT2D eigenvalue weighted by Crippen LogP contribution is -2.44. The number of aromatic nitrogens is 2. The molecule has 1 aliphatic rings. The van der Waals surface area contributed by atoms with Gasteiger partial charge in [0.2, 0.25) is 0 Å². The van der Waals surface area contributed by atoms with Crippen LogP contribution in [0, 0.1) is 6.92 Å². The number of halogens is 1. The lowest BCUT2D eigenvalue weighted by atomic mass is 10.1. The molecule has 3 heterocycles. The van der Waals surface area contributed by atoms with Gasteiger partial charge in [-0.3, -0.25) is 9.78 Å². The Hall–Kier alpha value is -3.22. The first-order chi connectivity index (χ1) is 15.5. The number of anilines is 1. The molecule has 1 unspecified atom stereocenters. The molecule has 1 aliphatic heterocycles. The van der Waals surface area contributed by atoms with E-state index in [1.807, 2.05) is 67.6 Å². The van der Waals surface area contributed by atoms with Gasteiger partial charge in [0.25, 0.3) is 5.91 Å². The van der Waals surface area contributed by atoms with Crippen molar-refractivity contribution in [3.8, 4) is 27.7 Å². The molecule has 0 fully saturated rings. The molecule has 0 N–H and O–H groups in total. The molecule has 0 radical (unpaired) electrons. The van der Waals surface area contributed by atoms with Crippen LogP contribution < -0.4 is 9.64 Å². The first kappa shape index (κ1) is 20.7. The fraction of sp³-hybridized carbons (Fsp3) is 0.160. The number of rotatable bonds is 4. The number of pyridine rings is 1. The Morgan fingerprint density at radius 3 is 2.72 bits per heavy atom. The molecule has 4 aromatic rings. The molecule has 5 rings (SSSR count). The highest BCUT2D eigenvalue weighted by Crippen LogP contribution is 2.40. The van der Waals surface area contributed by atoms with Crippen LogP contribution in [0.25, 0.3) is 22.0 Å². The zero-order valence-electron chi connectivity index (χ0n) is 17.6. The van der Waals surface area contributed by atoms with Gasteiger partial charge in [-0.1, -0.05) is 35.9 Å². The topological polar surface area (TPSA) is 55.3 Å². The third-order valence-corrected chi connectivity index (χ3v) is 6.77. The Morgan fingerprint density at radius 2 is 1.94 bits per heavy atom. The van der Waals surface area contributed by atoms with Crippen LogP contribution >= 0.6 is 22.9 Å². The van der Waals surface area contributed by atoms with Gasteiger partial charge in [-0.05, 0) is 55.8 Å². The van der Waals surface area contributed by atoms with Crippen molar-refractivity contribution in [3.63, 3.8) is 0 Å². The summed E-state index contributed by atoms with van der Waals surface area (Å²) in [7, 11) is 0. The van der Waals surface area contributed by atoms with Crippen LogP contribution in [0.4, 0.5) is 5.69 Å². The Bertz CT molecular complexity index is 1310. The summed E-state index contributed by atoms with van der Waals surface area (Å²) in [6.07, 6.45) is 1.20. The zero-order valence-corrected chi connectivity index (χ0v) is 19.2. The predicted molar refractivity (Wildman–Crippen MR) is 128 cm³/mol. The normalized spacial score (nSPS) is 15.4. The smallest absolute Gasteiger partial charge is 0.268 e. The number of aryl methyl sites for hydroxylation is 1. The van der Waals surface area contributed by atoms with Crippen molar-refractivity contribution in [2.24, 2.45) is 0 Å². The van der Waals surface area contributed by atoms with Gasteiger partial charge in [-0.25, -0.2) is 4.98 Å². The number of benzene rings is 2. The maximum atomic E-state index is 13.0. The van der Waals surface area contributed by atoms with E-state index in [0.717, 1.165) is 38.1 Å². The highest BCUT2D eigenvalue weighted by atomic mass is 35.5. The van der Waals surface area contributed by atoms with E-state index in [4.69, 9.17) is 21.3 Å². The molecule has 0 bridgehead atoms. The van der Waals surface area contributed by atoms with Crippen LogP contribution in [0.2, 0.25) is 5.02 Å². The van der Waals surface area contributed by atoms with E-state index in [1.54, 1.807) is 29.4 Å². The molecule has 1 amide bonds. The molecule has 0 aliphatic carbocycles. The van der Waals surface area contributed by atoms with Crippen molar-refractivity contribution < 1.29 is 9.53 Å². The first-order valence-corrected chi connectivity index (χ1v) is 11.5. The Labute approximate surface area is 195 Å². The minimum atomic E-state index is -0.562. The van der Waals surface area contributed by atoms with Crippen molar-refractivity contribution in [2.75, 3.05) is 4.90 Å². The molecule has 0 saturated heterocycles. The van der Waals surface area contributed by atoms with E-state index in [9.17, 15) is 4.79 Å². The van der Waals surface area contributed by atoms with Crippen molar-refractivity contribution >= 4 is 34.5 Å². The number of carbonyl (C=O) groups excluding carboxylic acids is 1. The number of hydrogen-bond donors (Lipinski definition) is 0. The summed E-state index contributed by atoms with van der Waals surface area (Å²) >= 11 is 7.98. The summed E-state index contributed by atoms with van der Waals surface area (Å²) in [4.78, 5) is 25.1. The molecule has 1 atom stereocenters. The van der Waals surface area contributed by atoms with Crippen LogP contribution in [-0.2, 0) is 11.3 Å². The van der Waals surface area contributed by atoms with Gasteiger partial charge in [0.05, 0.1) is 23.6 Å². The van der Waals surface area contributed by atoms with Gasteiger partial charge in [0.1, 0.15) is 10.8 Å². The van der Waals surface area contributed by atoms with E-state index in [-0.39, 0.29) is 5.91 Å². The monoisotopic (exact) mass is 461 g/mol. The number of ether oxygens (including phenoxy) is 1. The summed E-state index contributed by atoms with van der Waals surface area (Å²) in [5, 5.41) is 1.50. The second kappa shape index (κ2) is 8.37. The van der Waals surface area contributed by atoms with Gasteiger partial charge >= 0.3 is 0 Å². The Kier molecular flexibility index (Phi) is 5.41. The van der Waals surface area contributed by atoms with Crippen molar-refractivity contribution in [1.82, 2.24) is 9.97 Å². The number of nitrogens with zero attached hydrogens (tertiary/aromatic N) is 3. The molecular formula is C25H20ClN3O2S. The second-order valence-electron chi connectivity index (χ2n) is 7.60. The molecule has 32 heavy (non-hydrogen) atoms. The fourth-order valence-corrected chi connectivity index (χ4v) is 4.89. The lowest BCUT2D eigenvalue weighted by Gasteiger charge is -2.33. The maximum Gasteiger partial charge on any atom is 0.268 e. The Balaban J connectivity index is 1.56. The molecular weight excluding hydrogens is 442 g/mol. The lowest BCUT2D eigenvalue weighted by molar-refractivity contribution is -0.125. The molecule has 2 aromatic heterocycles. The quantitative estimate of drug-likeness (QED) is 0.366. The summed E-state index contributed by atoms with van der Waals surface area (Å²) in [5.41, 5.74) is 4.25. The maximum absolute atomic E-state index is 13.0. The van der Waals surface area contributed by atoms with E-state index in [2.05, 4.69) is 4.98 Å². The van der Waals surface area contributed by atoms with Gasteiger partial charge in [0, 0.05) is 21.7 Å². The van der Waals surface area contributed by atoms with E-state index in [0.29, 0.717) is 17.3 Å². The highest BCUT2D eigenvalue weighted by Gasteiger charge is 2.32. The van der Waals surface area contributed by atoms with Crippen LogP contribution in [-0.4, -0.2) is 22.0 Å². The van der Waals surface area contributed by atoms with Crippen molar-refractivity contribution in [1.29, 1.82) is 0 Å². The third kappa shape index (κ3) is 3.76. The van der Waals surface area contributed by atoms with E-state index < -0.39 is 6.10 Å². The van der Waals surface area contributed by atoms with Crippen LogP contribution in [0.1, 0.15) is 17.4 Å². The first-order valence-electron chi connectivity index (χ1n) is 10.3. The SMILES string of the molecule is Cc1sc(-c2ccccn2)nc1-c1ccc2c(c1)N(Cc1ccccc1Cl)C(=O)C(C)O2. The molecule has 7 heteroatoms. The zero-order chi connectivity index (χ0) is 22.2. The van der Waals surface area contributed by atoms with Crippen LogP contribution in [0.5, 0.6) is 5.75 Å². The number of amides is 1. The molecule has 2 aromatic carbocycles. The minimum absolute atomic E-state index is 0.0984. The standard InChI is InChI=1S/C25H20ClN3O2S/c1-15-25(30)29(14-18-7-3-4-8-19(18)26)21-13-17(10-11-22(21)31-15)23-16(2)32-24(28-23)20-9-5-6-12-27-20/h3-13,15H,14H2,1-2H3. The van der Waals surface area contributed by atoms with Gasteiger partial charge < -0.3 is 9.64 Å². The molecule has 0 spiro atoms.